The summed E-state index contributed by atoms with van der Waals surface area (Å²) in [7, 11) is 0. The number of benzene rings is 1. The summed E-state index contributed by atoms with van der Waals surface area (Å²) in [5.74, 6) is -0.280. The number of nitrogens with one attached hydrogen (secondary N) is 1. The number of nitrogens with zero attached hydrogens (tertiary/aromatic N) is 1. The summed E-state index contributed by atoms with van der Waals surface area (Å²) in [5, 5.41) is 0.662. The Morgan fingerprint density at radius 3 is 3.00 bits per heavy atom. The quantitative estimate of drug-likeness (QED) is 0.653. The summed E-state index contributed by atoms with van der Waals surface area (Å²) in [5.41, 5.74) is 1.69. The number of H-pyrrole nitrogens is 1. The molecule has 0 aliphatic heterocycles. The number of hydrogen-bond acceptors (Lipinski definition) is 2. The van der Waals surface area contributed by atoms with Gasteiger partial charge in [-0.3, -0.25) is 0 Å². The van der Waals surface area contributed by atoms with Gasteiger partial charge < -0.3 is 4.98 Å². The molecule has 1 aromatic heterocycles. The molecule has 0 bridgehead atoms. The molecule has 0 unspecified atom stereocenters. The number of halogens is 1. The number of rotatable bonds is 0. The van der Waals surface area contributed by atoms with Gasteiger partial charge in [0.2, 0.25) is 0 Å². The highest BCUT2D eigenvalue weighted by molar-refractivity contribution is 7.71. The van der Waals surface area contributed by atoms with Crippen LogP contribution in [0.1, 0.15) is 5.56 Å². The molecule has 4 heteroatoms. The molecule has 13 heavy (non-hydrogen) atoms. The van der Waals surface area contributed by atoms with Gasteiger partial charge in [-0.25, -0.2) is 9.37 Å². The molecule has 0 fully saturated rings. The summed E-state index contributed by atoms with van der Waals surface area (Å²) in [6.07, 6.45) is 1.52. The second kappa shape index (κ2) is 2.88. The molecular formula is C9H7FN2S. The maximum absolute atomic E-state index is 13.0. The SMILES string of the molecule is Cc1cc(F)cc2c(=S)nc[nH]c12. The van der Waals surface area contributed by atoms with Crippen LogP contribution in [0.15, 0.2) is 18.5 Å². The van der Waals surface area contributed by atoms with Gasteiger partial charge in [-0.2, -0.15) is 0 Å². The lowest BCUT2D eigenvalue weighted by atomic mass is 10.1. The predicted octanol–water partition coefficient (Wildman–Crippen LogP) is 2.74. The Morgan fingerprint density at radius 1 is 1.46 bits per heavy atom. The van der Waals surface area contributed by atoms with E-state index in [0.717, 1.165) is 11.1 Å². The predicted molar refractivity (Wildman–Crippen MR) is 51.6 cm³/mol. The molecule has 0 aliphatic rings. The summed E-state index contributed by atoms with van der Waals surface area (Å²) < 4.78 is 13.4. The molecule has 0 amide bonds. The van der Waals surface area contributed by atoms with Crippen molar-refractivity contribution < 1.29 is 4.39 Å². The first-order chi connectivity index (χ1) is 6.18. The molecule has 1 aromatic carbocycles. The van der Waals surface area contributed by atoms with Crippen LogP contribution in [0, 0.1) is 17.4 Å². The molecular weight excluding hydrogens is 187 g/mol. The lowest BCUT2D eigenvalue weighted by molar-refractivity contribution is 0.628. The van der Waals surface area contributed by atoms with Crippen LogP contribution in [0.25, 0.3) is 10.9 Å². The van der Waals surface area contributed by atoms with E-state index in [2.05, 4.69) is 9.97 Å². The van der Waals surface area contributed by atoms with Crippen molar-refractivity contribution >= 4 is 23.1 Å². The van der Waals surface area contributed by atoms with E-state index in [1.165, 1.54) is 18.5 Å². The van der Waals surface area contributed by atoms with Gasteiger partial charge >= 0.3 is 0 Å². The van der Waals surface area contributed by atoms with Gasteiger partial charge in [0.15, 0.2) is 0 Å². The van der Waals surface area contributed by atoms with Crippen molar-refractivity contribution in [2.45, 2.75) is 6.92 Å². The van der Waals surface area contributed by atoms with Crippen LogP contribution in [-0.4, -0.2) is 9.97 Å². The van der Waals surface area contributed by atoms with E-state index in [1.807, 2.05) is 6.92 Å². The summed E-state index contributed by atoms with van der Waals surface area (Å²) in [4.78, 5) is 6.82. The molecule has 2 nitrogen and oxygen atoms in total. The van der Waals surface area contributed by atoms with Crippen molar-refractivity contribution in [3.63, 3.8) is 0 Å². The summed E-state index contributed by atoms with van der Waals surface area (Å²) >= 11 is 4.98. The minimum Gasteiger partial charge on any atom is -0.346 e. The van der Waals surface area contributed by atoms with Gasteiger partial charge in [0.05, 0.1) is 11.8 Å². The minimum atomic E-state index is -0.280. The Balaban J connectivity index is 3.03. The first-order valence-corrected chi connectivity index (χ1v) is 4.23. The maximum Gasteiger partial charge on any atom is 0.137 e. The van der Waals surface area contributed by atoms with Gasteiger partial charge in [0.25, 0.3) is 0 Å². The molecule has 2 aromatic rings. The third kappa shape index (κ3) is 1.33. The fourth-order valence-corrected chi connectivity index (χ4v) is 1.54. The fourth-order valence-electron chi connectivity index (χ4n) is 1.33. The zero-order chi connectivity index (χ0) is 9.42. The second-order valence-corrected chi connectivity index (χ2v) is 3.24. The van der Waals surface area contributed by atoms with Crippen LogP contribution >= 0.6 is 12.2 Å². The Morgan fingerprint density at radius 2 is 2.23 bits per heavy atom. The molecule has 0 radical (unpaired) electrons. The standard InChI is InChI=1S/C9H7FN2S/c1-5-2-6(10)3-7-8(5)11-4-12-9(7)13/h2-4H,1H3,(H,11,12,13). The van der Waals surface area contributed by atoms with E-state index in [4.69, 9.17) is 12.2 Å². The molecule has 0 atom stereocenters. The highest BCUT2D eigenvalue weighted by Gasteiger charge is 2.01. The average molecular weight is 194 g/mol. The van der Waals surface area contributed by atoms with Gasteiger partial charge in [-0.05, 0) is 24.6 Å². The minimum absolute atomic E-state index is 0.280. The van der Waals surface area contributed by atoms with Crippen LogP contribution in [0.2, 0.25) is 0 Å². The molecule has 0 aliphatic carbocycles. The molecule has 0 saturated carbocycles. The van der Waals surface area contributed by atoms with Gasteiger partial charge in [0.1, 0.15) is 10.5 Å². The zero-order valence-corrected chi connectivity index (χ0v) is 7.78. The largest absolute Gasteiger partial charge is 0.346 e. The van der Waals surface area contributed by atoms with Crippen LogP contribution in [0.3, 0.4) is 0 Å². The third-order valence-electron chi connectivity index (χ3n) is 1.92. The molecule has 2 rings (SSSR count). The first-order valence-electron chi connectivity index (χ1n) is 3.82. The zero-order valence-electron chi connectivity index (χ0n) is 6.97. The van der Waals surface area contributed by atoms with Gasteiger partial charge in [-0.1, -0.05) is 12.2 Å². The fraction of sp³-hybridized carbons (Fsp3) is 0.111. The average Bonchev–Trinajstić information content (AvgIpc) is 2.07. The van der Waals surface area contributed by atoms with E-state index in [9.17, 15) is 4.39 Å². The van der Waals surface area contributed by atoms with Crippen molar-refractivity contribution in [1.82, 2.24) is 9.97 Å². The Labute approximate surface area is 79.4 Å². The number of aryl methyl sites for hydroxylation is 1. The summed E-state index contributed by atoms with van der Waals surface area (Å²) in [6, 6.07) is 2.86. The van der Waals surface area contributed by atoms with Crippen molar-refractivity contribution in [3.05, 3.63) is 34.5 Å². The second-order valence-electron chi connectivity index (χ2n) is 2.85. The van der Waals surface area contributed by atoms with Crippen LogP contribution < -0.4 is 0 Å². The molecule has 0 saturated heterocycles. The highest BCUT2D eigenvalue weighted by atomic mass is 32.1. The number of aromatic amines is 1. The number of hydrogen-bond donors (Lipinski definition) is 1. The normalized spacial score (nSPS) is 10.6. The summed E-state index contributed by atoms with van der Waals surface area (Å²) in [6.45, 7) is 1.83. The Kier molecular flexibility index (Phi) is 1.84. The number of fused-ring (bicyclic) bond motifs is 1. The van der Waals surface area contributed by atoms with Crippen molar-refractivity contribution in [1.29, 1.82) is 0 Å². The lowest BCUT2D eigenvalue weighted by Crippen LogP contribution is -1.88. The third-order valence-corrected chi connectivity index (χ3v) is 2.25. The first kappa shape index (κ1) is 8.31. The van der Waals surface area contributed by atoms with Crippen LogP contribution in [0.5, 0.6) is 0 Å². The molecule has 66 valence electrons. The van der Waals surface area contributed by atoms with Crippen molar-refractivity contribution in [2.24, 2.45) is 0 Å². The van der Waals surface area contributed by atoms with Crippen LogP contribution in [0.4, 0.5) is 4.39 Å². The van der Waals surface area contributed by atoms with Crippen LogP contribution in [-0.2, 0) is 0 Å². The van der Waals surface area contributed by atoms with E-state index in [0.29, 0.717) is 10.0 Å². The monoisotopic (exact) mass is 194 g/mol. The van der Waals surface area contributed by atoms with E-state index < -0.39 is 0 Å². The van der Waals surface area contributed by atoms with Gasteiger partial charge in [0, 0.05) is 5.39 Å². The van der Waals surface area contributed by atoms with E-state index in [1.54, 1.807) is 0 Å². The van der Waals surface area contributed by atoms with Crippen molar-refractivity contribution in [2.75, 3.05) is 0 Å². The molecule has 1 heterocycles. The molecule has 0 spiro atoms. The lowest BCUT2D eigenvalue weighted by Gasteiger charge is -2.01. The van der Waals surface area contributed by atoms with E-state index >= 15 is 0 Å². The highest BCUT2D eigenvalue weighted by Crippen LogP contribution is 2.17. The Bertz CT molecular complexity index is 518. The van der Waals surface area contributed by atoms with Gasteiger partial charge in [-0.15, -0.1) is 0 Å². The maximum atomic E-state index is 13.0. The number of aromatic nitrogens is 2. The Hall–Kier alpha value is -1.29. The van der Waals surface area contributed by atoms with E-state index in [-0.39, 0.29) is 5.82 Å². The molecule has 1 N–H and O–H groups in total. The topological polar surface area (TPSA) is 28.7 Å². The smallest absolute Gasteiger partial charge is 0.137 e. The van der Waals surface area contributed by atoms with Crippen molar-refractivity contribution in [3.8, 4) is 0 Å².